The van der Waals surface area contributed by atoms with Gasteiger partial charge in [0, 0.05) is 25.9 Å². The minimum Gasteiger partial charge on any atom is -0.384 e. The van der Waals surface area contributed by atoms with Crippen molar-refractivity contribution in [2.45, 2.75) is 26.7 Å². The molecule has 0 aromatic carbocycles. The Kier molecular flexibility index (Phi) is 4.60. The Balaban J connectivity index is 2.23. The minimum absolute atomic E-state index is 0.0803. The Morgan fingerprint density at radius 3 is 2.90 bits per heavy atom. The average molecular weight is 276 g/mol. The Labute approximate surface area is 120 Å². The highest BCUT2D eigenvalue weighted by Gasteiger charge is 2.20. The van der Waals surface area contributed by atoms with Crippen LogP contribution in [0.4, 0.5) is 5.82 Å². The lowest BCUT2D eigenvalue weighted by molar-refractivity contribution is 0.0576. The topological polar surface area (TPSA) is 75.2 Å². The second-order valence-corrected chi connectivity index (χ2v) is 5.66. The van der Waals surface area contributed by atoms with Crippen LogP contribution in [0.2, 0.25) is 0 Å². The van der Waals surface area contributed by atoms with Crippen molar-refractivity contribution in [3.63, 3.8) is 0 Å². The van der Waals surface area contributed by atoms with E-state index in [0.29, 0.717) is 5.92 Å². The van der Waals surface area contributed by atoms with Gasteiger partial charge in [-0.1, -0.05) is 0 Å². The first-order valence-electron chi connectivity index (χ1n) is 7.10. The van der Waals surface area contributed by atoms with Gasteiger partial charge < -0.3 is 15.4 Å². The van der Waals surface area contributed by atoms with Crippen LogP contribution in [0.3, 0.4) is 0 Å². The lowest BCUT2D eigenvalue weighted by atomic mass is 10.0. The molecule has 0 spiro atoms. The van der Waals surface area contributed by atoms with Gasteiger partial charge in [-0.2, -0.15) is 0 Å². The highest BCUT2D eigenvalue weighted by molar-refractivity contribution is 6.01. The first-order chi connectivity index (χ1) is 9.49. The zero-order valence-corrected chi connectivity index (χ0v) is 12.6. The van der Waals surface area contributed by atoms with Crippen LogP contribution in [0.25, 0.3) is 0 Å². The maximum atomic E-state index is 7.79. The van der Waals surface area contributed by atoms with E-state index in [1.54, 1.807) is 0 Å². The molecule has 5 heteroatoms. The third kappa shape index (κ3) is 3.28. The number of amidine groups is 1. The van der Waals surface area contributed by atoms with Gasteiger partial charge in [-0.3, -0.25) is 5.41 Å². The predicted molar refractivity (Wildman–Crippen MR) is 81.5 cm³/mol. The molecule has 0 saturated carbocycles. The van der Waals surface area contributed by atoms with Gasteiger partial charge in [0.15, 0.2) is 0 Å². The van der Waals surface area contributed by atoms with E-state index in [2.05, 4.69) is 9.88 Å². The number of nitrogens with one attached hydrogen (secondary N) is 1. The fourth-order valence-electron chi connectivity index (χ4n) is 2.85. The first kappa shape index (κ1) is 14.8. The maximum Gasteiger partial charge on any atom is 0.139 e. The summed E-state index contributed by atoms with van der Waals surface area (Å²) in [5.41, 5.74) is 8.43. The van der Waals surface area contributed by atoms with Crippen molar-refractivity contribution in [1.82, 2.24) is 4.98 Å². The average Bonchev–Trinajstić information content (AvgIpc) is 2.38. The summed E-state index contributed by atoms with van der Waals surface area (Å²) < 4.78 is 5.53. The lowest BCUT2D eigenvalue weighted by Gasteiger charge is -2.29. The standard InChI is InChI=1S/C15H24N4O/c1-10-7-11(2)18-15(13(10)14(16)17)19(3)8-12-5-4-6-20-9-12/h7,12H,4-6,8-9H2,1-3H3,(H3,16,17). The summed E-state index contributed by atoms with van der Waals surface area (Å²) in [4.78, 5) is 6.69. The van der Waals surface area contributed by atoms with Crippen LogP contribution in [0, 0.1) is 25.2 Å². The van der Waals surface area contributed by atoms with Crippen molar-refractivity contribution in [2.24, 2.45) is 11.7 Å². The van der Waals surface area contributed by atoms with E-state index in [9.17, 15) is 0 Å². The summed E-state index contributed by atoms with van der Waals surface area (Å²) in [5.74, 6) is 1.41. The molecule has 1 atom stereocenters. The van der Waals surface area contributed by atoms with E-state index in [1.165, 1.54) is 6.42 Å². The third-order valence-electron chi connectivity index (χ3n) is 3.74. The Hall–Kier alpha value is -1.62. The van der Waals surface area contributed by atoms with Crippen LogP contribution < -0.4 is 10.6 Å². The molecule has 5 nitrogen and oxygen atoms in total. The molecule has 1 fully saturated rings. The number of hydrogen-bond donors (Lipinski definition) is 2. The summed E-state index contributed by atoms with van der Waals surface area (Å²) in [6.45, 7) is 6.52. The number of nitrogens with two attached hydrogens (primary N) is 1. The van der Waals surface area contributed by atoms with E-state index in [-0.39, 0.29) is 5.84 Å². The lowest BCUT2D eigenvalue weighted by Crippen LogP contribution is -2.33. The van der Waals surface area contributed by atoms with Crippen molar-refractivity contribution in [2.75, 3.05) is 31.7 Å². The Morgan fingerprint density at radius 2 is 2.30 bits per heavy atom. The quantitative estimate of drug-likeness (QED) is 0.650. The summed E-state index contributed by atoms with van der Waals surface area (Å²) in [7, 11) is 2.02. The molecule has 1 aliphatic rings. The molecule has 110 valence electrons. The molecule has 20 heavy (non-hydrogen) atoms. The molecule has 0 bridgehead atoms. The number of rotatable bonds is 4. The second kappa shape index (κ2) is 6.22. The van der Waals surface area contributed by atoms with Crippen molar-refractivity contribution >= 4 is 11.7 Å². The molecule has 1 saturated heterocycles. The number of anilines is 1. The zero-order chi connectivity index (χ0) is 14.7. The highest BCUT2D eigenvalue weighted by Crippen LogP contribution is 2.23. The fraction of sp³-hybridized carbons (Fsp3) is 0.600. The van der Waals surface area contributed by atoms with Crippen molar-refractivity contribution < 1.29 is 4.74 Å². The number of aryl methyl sites for hydroxylation is 2. The van der Waals surface area contributed by atoms with Gasteiger partial charge >= 0.3 is 0 Å². The van der Waals surface area contributed by atoms with Crippen LogP contribution in [-0.2, 0) is 4.74 Å². The van der Waals surface area contributed by atoms with Crippen molar-refractivity contribution in [1.29, 1.82) is 5.41 Å². The van der Waals surface area contributed by atoms with E-state index in [0.717, 1.165) is 48.8 Å². The molecule has 0 aliphatic carbocycles. The number of ether oxygens (including phenoxy) is 1. The maximum absolute atomic E-state index is 7.79. The molecular formula is C15H24N4O. The SMILES string of the molecule is Cc1cc(C)c(C(=N)N)c(N(C)CC2CCCOC2)n1. The Bertz CT molecular complexity index is 495. The van der Waals surface area contributed by atoms with Gasteiger partial charge in [-0.05, 0) is 44.2 Å². The largest absolute Gasteiger partial charge is 0.384 e. The Morgan fingerprint density at radius 1 is 1.55 bits per heavy atom. The van der Waals surface area contributed by atoms with E-state index in [4.69, 9.17) is 15.9 Å². The zero-order valence-electron chi connectivity index (χ0n) is 12.6. The van der Waals surface area contributed by atoms with E-state index >= 15 is 0 Å². The molecule has 0 amide bonds. The van der Waals surface area contributed by atoms with Crippen LogP contribution >= 0.6 is 0 Å². The molecule has 0 radical (unpaired) electrons. The molecular weight excluding hydrogens is 252 g/mol. The summed E-state index contributed by atoms with van der Waals surface area (Å²) in [6.07, 6.45) is 2.31. The molecule has 2 rings (SSSR count). The van der Waals surface area contributed by atoms with E-state index in [1.807, 2.05) is 27.0 Å². The summed E-state index contributed by atoms with van der Waals surface area (Å²) >= 11 is 0. The highest BCUT2D eigenvalue weighted by atomic mass is 16.5. The second-order valence-electron chi connectivity index (χ2n) is 5.66. The predicted octanol–water partition coefficient (Wildman–Crippen LogP) is 1.85. The number of aromatic nitrogens is 1. The summed E-state index contributed by atoms with van der Waals surface area (Å²) in [6, 6.07) is 1.97. The monoisotopic (exact) mass is 276 g/mol. The van der Waals surface area contributed by atoms with E-state index < -0.39 is 0 Å². The van der Waals surface area contributed by atoms with Gasteiger partial charge in [-0.15, -0.1) is 0 Å². The van der Waals surface area contributed by atoms with Crippen LogP contribution in [0.15, 0.2) is 6.07 Å². The number of nitrogen functional groups attached to an aromatic ring is 1. The third-order valence-corrected chi connectivity index (χ3v) is 3.74. The van der Waals surface area contributed by atoms with Gasteiger partial charge in [-0.25, -0.2) is 4.98 Å². The van der Waals surface area contributed by atoms with Crippen LogP contribution in [0.1, 0.15) is 29.7 Å². The first-order valence-corrected chi connectivity index (χ1v) is 7.10. The smallest absolute Gasteiger partial charge is 0.139 e. The molecule has 1 aromatic rings. The number of nitrogens with zero attached hydrogens (tertiary/aromatic N) is 2. The van der Waals surface area contributed by atoms with Gasteiger partial charge in [0.2, 0.25) is 0 Å². The fourth-order valence-corrected chi connectivity index (χ4v) is 2.85. The molecule has 1 aromatic heterocycles. The normalized spacial score (nSPS) is 18.9. The molecule has 1 aliphatic heterocycles. The van der Waals surface area contributed by atoms with Crippen LogP contribution in [-0.4, -0.2) is 37.6 Å². The van der Waals surface area contributed by atoms with Gasteiger partial charge in [0.1, 0.15) is 11.7 Å². The molecule has 3 N–H and O–H groups in total. The van der Waals surface area contributed by atoms with Gasteiger partial charge in [0.05, 0.1) is 12.2 Å². The van der Waals surface area contributed by atoms with Gasteiger partial charge in [0.25, 0.3) is 0 Å². The van der Waals surface area contributed by atoms with Crippen LogP contribution in [0.5, 0.6) is 0 Å². The molecule has 1 unspecified atom stereocenters. The van der Waals surface area contributed by atoms with Crippen molar-refractivity contribution in [3.8, 4) is 0 Å². The molecule has 2 heterocycles. The summed E-state index contributed by atoms with van der Waals surface area (Å²) in [5, 5.41) is 7.79. The minimum atomic E-state index is 0.0803. The number of pyridine rings is 1. The van der Waals surface area contributed by atoms with Crippen molar-refractivity contribution in [3.05, 3.63) is 22.9 Å². The number of hydrogen-bond acceptors (Lipinski definition) is 4.